The fourth-order valence-electron chi connectivity index (χ4n) is 2.92. The Hall–Kier alpha value is -1.39. The van der Waals surface area contributed by atoms with Gasteiger partial charge in [-0.05, 0) is 44.3 Å². The van der Waals surface area contributed by atoms with Gasteiger partial charge in [-0.1, -0.05) is 43.7 Å². The van der Waals surface area contributed by atoms with E-state index in [4.69, 9.17) is 5.73 Å². The lowest BCUT2D eigenvalue weighted by Crippen LogP contribution is -2.46. The maximum atomic E-state index is 12.1. The molecular weight excluding hydrogens is 274 g/mol. The highest BCUT2D eigenvalue weighted by Crippen LogP contribution is 2.25. The summed E-state index contributed by atoms with van der Waals surface area (Å²) in [7, 11) is 0. The van der Waals surface area contributed by atoms with E-state index in [0.717, 1.165) is 13.1 Å². The van der Waals surface area contributed by atoms with E-state index in [9.17, 15) is 4.79 Å². The third kappa shape index (κ3) is 4.31. The highest BCUT2D eigenvalue weighted by atomic mass is 16.2. The highest BCUT2D eigenvalue weighted by Gasteiger charge is 2.25. The van der Waals surface area contributed by atoms with Gasteiger partial charge in [0.1, 0.15) is 0 Å². The number of carbonyl (C=O) groups excluding carboxylic acids is 1. The van der Waals surface area contributed by atoms with Crippen LogP contribution in [-0.2, 0) is 4.79 Å². The molecule has 1 aromatic carbocycles. The lowest BCUT2D eigenvalue weighted by Gasteiger charge is -2.29. The summed E-state index contributed by atoms with van der Waals surface area (Å²) in [6.45, 7) is 8.88. The fraction of sp³-hybridized carbons (Fsp3) is 0.611. The molecular formula is C18H29N3O. The number of nitrogens with zero attached hydrogens (tertiary/aromatic N) is 1. The first-order valence-corrected chi connectivity index (χ1v) is 8.33. The van der Waals surface area contributed by atoms with Gasteiger partial charge >= 0.3 is 0 Å². The van der Waals surface area contributed by atoms with Crippen molar-refractivity contribution in [1.29, 1.82) is 0 Å². The van der Waals surface area contributed by atoms with Gasteiger partial charge in [-0.15, -0.1) is 0 Å². The van der Waals surface area contributed by atoms with Crippen LogP contribution in [0.5, 0.6) is 0 Å². The van der Waals surface area contributed by atoms with Gasteiger partial charge in [0.2, 0.25) is 5.91 Å². The van der Waals surface area contributed by atoms with Gasteiger partial charge in [-0.2, -0.15) is 0 Å². The van der Waals surface area contributed by atoms with Crippen molar-refractivity contribution < 1.29 is 4.79 Å². The van der Waals surface area contributed by atoms with Crippen LogP contribution < -0.4 is 11.1 Å². The van der Waals surface area contributed by atoms with E-state index in [1.54, 1.807) is 0 Å². The summed E-state index contributed by atoms with van der Waals surface area (Å²) in [5.74, 6) is 0.107. The average molecular weight is 303 g/mol. The minimum absolute atomic E-state index is 0.0497. The number of hydrogen-bond donors (Lipinski definition) is 2. The van der Waals surface area contributed by atoms with Crippen molar-refractivity contribution in [1.82, 2.24) is 10.2 Å². The summed E-state index contributed by atoms with van der Waals surface area (Å²) in [6.07, 6.45) is 2.48. The Morgan fingerprint density at radius 3 is 2.36 bits per heavy atom. The number of amides is 1. The topological polar surface area (TPSA) is 58.4 Å². The Morgan fingerprint density at radius 2 is 1.82 bits per heavy atom. The van der Waals surface area contributed by atoms with Crippen LogP contribution in [0.1, 0.15) is 43.9 Å². The van der Waals surface area contributed by atoms with Crippen LogP contribution in [-0.4, -0.2) is 36.5 Å². The number of rotatable bonds is 6. The number of aryl methyl sites for hydroxylation is 1. The molecule has 1 unspecified atom stereocenters. The molecule has 0 aliphatic carbocycles. The van der Waals surface area contributed by atoms with E-state index in [-0.39, 0.29) is 17.9 Å². The third-order valence-electron chi connectivity index (χ3n) is 4.53. The molecule has 4 heteroatoms. The molecule has 0 aromatic heterocycles. The largest absolute Gasteiger partial charge is 0.353 e. The molecule has 2 atom stereocenters. The molecule has 3 N–H and O–H groups in total. The molecule has 0 spiro atoms. The third-order valence-corrected chi connectivity index (χ3v) is 4.53. The van der Waals surface area contributed by atoms with E-state index in [0.29, 0.717) is 6.54 Å². The first-order valence-electron chi connectivity index (χ1n) is 8.33. The standard InChI is InChI=1S/C18H29N3O/c1-13(2)17(19)18(22)20-12-16(21-10-4-5-11-21)15-8-6-14(3)7-9-15/h6-9,13,16-17H,4-5,10-12,19H2,1-3H3,(H,20,22)/t16?,17-/m0/s1. The predicted molar refractivity (Wildman–Crippen MR) is 90.6 cm³/mol. The summed E-state index contributed by atoms with van der Waals surface area (Å²) in [5.41, 5.74) is 8.46. The molecule has 122 valence electrons. The Kier molecular flexibility index (Phi) is 5.98. The molecule has 2 rings (SSSR count). The van der Waals surface area contributed by atoms with Crippen molar-refractivity contribution in [3.63, 3.8) is 0 Å². The van der Waals surface area contributed by atoms with Crippen molar-refractivity contribution in [3.05, 3.63) is 35.4 Å². The molecule has 1 heterocycles. The van der Waals surface area contributed by atoms with Gasteiger partial charge < -0.3 is 11.1 Å². The zero-order valence-corrected chi connectivity index (χ0v) is 14.0. The Balaban J connectivity index is 2.05. The molecule has 1 fully saturated rings. The van der Waals surface area contributed by atoms with Crippen molar-refractivity contribution in [2.45, 2.75) is 45.7 Å². The van der Waals surface area contributed by atoms with Crippen molar-refractivity contribution in [3.8, 4) is 0 Å². The average Bonchev–Trinajstić information content (AvgIpc) is 3.02. The predicted octanol–water partition coefficient (Wildman–Crippen LogP) is 2.23. The molecule has 4 nitrogen and oxygen atoms in total. The first kappa shape index (κ1) is 17.0. The second kappa shape index (κ2) is 7.75. The second-order valence-corrected chi connectivity index (χ2v) is 6.68. The Morgan fingerprint density at radius 1 is 1.23 bits per heavy atom. The van der Waals surface area contributed by atoms with Gasteiger partial charge in [0.15, 0.2) is 0 Å². The SMILES string of the molecule is Cc1ccc(C(CNC(=O)[C@@H](N)C(C)C)N2CCCC2)cc1. The van der Waals surface area contributed by atoms with E-state index < -0.39 is 6.04 Å². The van der Waals surface area contributed by atoms with Crippen molar-refractivity contribution in [2.24, 2.45) is 11.7 Å². The Labute approximate surface area is 134 Å². The number of nitrogens with one attached hydrogen (secondary N) is 1. The van der Waals surface area contributed by atoms with Crippen LogP contribution in [0, 0.1) is 12.8 Å². The smallest absolute Gasteiger partial charge is 0.237 e. The summed E-state index contributed by atoms with van der Waals surface area (Å²) < 4.78 is 0. The van der Waals surface area contributed by atoms with E-state index in [1.165, 1.54) is 24.0 Å². The minimum Gasteiger partial charge on any atom is -0.353 e. The normalized spacial score (nSPS) is 18.4. The number of benzene rings is 1. The van der Waals surface area contributed by atoms with Crippen LogP contribution in [0.4, 0.5) is 0 Å². The van der Waals surface area contributed by atoms with Crippen molar-refractivity contribution >= 4 is 5.91 Å². The highest BCUT2D eigenvalue weighted by molar-refractivity contribution is 5.81. The molecule has 1 amide bonds. The molecule has 0 saturated carbocycles. The van der Waals surface area contributed by atoms with Crippen LogP contribution in [0.25, 0.3) is 0 Å². The second-order valence-electron chi connectivity index (χ2n) is 6.68. The van der Waals surface area contributed by atoms with Crippen LogP contribution in [0.3, 0.4) is 0 Å². The summed E-state index contributed by atoms with van der Waals surface area (Å²) in [5, 5.41) is 3.05. The van der Waals surface area contributed by atoms with Crippen LogP contribution >= 0.6 is 0 Å². The number of likely N-dealkylation sites (tertiary alicyclic amines) is 1. The summed E-state index contributed by atoms with van der Waals surface area (Å²) >= 11 is 0. The van der Waals surface area contributed by atoms with Crippen molar-refractivity contribution in [2.75, 3.05) is 19.6 Å². The first-order chi connectivity index (χ1) is 10.5. The van der Waals surface area contributed by atoms with Gasteiger partial charge in [0, 0.05) is 6.54 Å². The number of hydrogen-bond acceptors (Lipinski definition) is 3. The molecule has 0 bridgehead atoms. The van der Waals surface area contributed by atoms with E-state index in [2.05, 4.69) is 41.4 Å². The zero-order valence-electron chi connectivity index (χ0n) is 14.0. The maximum absolute atomic E-state index is 12.1. The van der Waals surface area contributed by atoms with Gasteiger partial charge in [-0.3, -0.25) is 9.69 Å². The fourth-order valence-corrected chi connectivity index (χ4v) is 2.92. The number of nitrogens with two attached hydrogens (primary N) is 1. The van der Waals surface area contributed by atoms with E-state index in [1.807, 2.05) is 13.8 Å². The molecule has 22 heavy (non-hydrogen) atoms. The summed E-state index contributed by atoms with van der Waals surface area (Å²) in [4.78, 5) is 14.6. The molecule has 1 aliphatic rings. The van der Waals surface area contributed by atoms with Gasteiger partial charge in [-0.25, -0.2) is 0 Å². The molecule has 1 aromatic rings. The van der Waals surface area contributed by atoms with E-state index >= 15 is 0 Å². The van der Waals surface area contributed by atoms with Gasteiger partial charge in [0.25, 0.3) is 0 Å². The van der Waals surface area contributed by atoms with Gasteiger partial charge in [0.05, 0.1) is 12.1 Å². The molecule has 1 saturated heterocycles. The maximum Gasteiger partial charge on any atom is 0.237 e. The van der Waals surface area contributed by atoms with Crippen LogP contribution in [0.2, 0.25) is 0 Å². The number of carbonyl (C=O) groups is 1. The molecule has 0 radical (unpaired) electrons. The zero-order chi connectivity index (χ0) is 16.1. The monoisotopic (exact) mass is 303 g/mol. The Bertz CT molecular complexity index is 478. The minimum atomic E-state index is -0.433. The van der Waals surface area contributed by atoms with Crippen LogP contribution in [0.15, 0.2) is 24.3 Å². The lowest BCUT2D eigenvalue weighted by molar-refractivity contribution is -0.123. The molecule has 1 aliphatic heterocycles. The quantitative estimate of drug-likeness (QED) is 0.847. The summed E-state index contributed by atoms with van der Waals surface area (Å²) in [6, 6.07) is 8.43. The lowest BCUT2D eigenvalue weighted by atomic mass is 10.0.